The minimum atomic E-state index is -2.70. The summed E-state index contributed by atoms with van der Waals surface area (Å²) in [5, 5.41) is 6.05. The summed E-state index contributed by atoms with van der Waals surface area (Å²) >= 11 is 8.02. The van der Waals surface area contributed by atoms with E-state index in [1.807, 2.05) is 26.2 Å². The maximum atomic E-state index is 13.2. The number of aryl methyl sites for hydroxylation is 1. The molecule has 3 heterocycles. The number of carbonyl (C=O) groups excluding carboxylic acids is 2. The summed E-state index contributed by atoms with van der Waals surface area (Å²) in [6, 6.07) is 3.38. The number of aromatic amines is 1. The summed E-state index contributed by atoms with van der Waals surface area (Å²) in [4.78, 5) is 43.0. The van der Waals surface area contributed by atoms with Gasteiger partial charge in [0.05, 0.1) is 24.7 Å². The van der Waals surface area contributed by atoms with Crippen molar-refractivity contribution < 1.29 is 27.8 Å². The third-order valence-corrected chi connectivity index (χ3v) is 9.36. The van der Waals surface area contributed by atoms with Crippen LogP contribution in [0.15, 0.2) is 21.8 Å². The molecule has 13 heteroatoms. The van der Waals surface area contributed by atoms with Crippen LogP contribution in [-0.2, 0) is 11.3 Å². The van der Waals surface area contributed by atoms with Crippen LogP contribution in [0.25, 0.3) is 0 Å². The van der Waals surface area contributed by atoms with Crippen molar-refractivity contribution in [3.05, 3.63) is 49.9 Å². The number of likely N-dealkylation sites (tertiary alicyclic amines) is 1. The Morgan fingerprint density at radius 1 is 1.14 bits per heavy atom. The second kappa shape index (κ2) is 11.7. The molecule has 1 unspecified atom stereocenters. The van der Waals surface area contributed by atoms with Gasteiger partial charge in [-0.25, -0.2) is 8.78 Å². The van der Waals surface area contributed by atoms with Crippen molar-refractivity contribution in [2.45, 2.75) is 75.6 Å². The number of alkyl halides is 2. The fourth-order valence-electron chi connectivity index (χ4n) is 6.01. The minimum Gasteiger partial charge on any atom is -0.448 e. The Morgan fingerprint density at radius 2 is 1.81 bits per heavy atom. The molecule has 2 aromatic rings. The van der Waals surface area contributed by atoms with E-state index in [4.69, 9.17) is 21.1 Å². The van der Waals surface area contributed by atoms with Gasteiger partial charge >= 0.3 is 0 Å². The number of benzene rings is 1. The highest BCUT2D eigenvalue weighted by Gasteiger charge is 2.48. The number of nitrogens with zero attached hydrogens (tertiary/aromatic N) is 1. The molecular weight excluding hydrogens is 590 g/mol. The van der Waals surface area contributed by atoms with E-state index in [0.29, 0.717) is 53.9 Å². The highest BCUT2D eigenvalue weighted by Crippen LogP contribution is 2.51. The van der Waals surface area contributed by atoms with Crippen molar-refractivity contribution in [2.75, 3.05) is 25.9 Å². The zero-order valence-electron chi connectivity index (χ0n) is 24.0. The predicted molar refractivity (Wildman–Crippen MR) is 156 cm³/mol. The Morgan fingerprint density at radius 3 is 2.45 bits per heavy atom. The summed E-state index contributed by atoms with van der Waals surface area (Å²) in [7, 11) is 0. The number of hydrogen-bond acceptors (Lipinski definition) is 7. The van der Waals surface area contributed by atoms with Gasteiger partial charge in [-0.15, -0.1) is 11.8 Å². The molecule has 228 valence electrons. The first-order chi connectivity index (χ1) is 19.8. The van der Waals surface area contributed by atoms with Crippen LogP contribution in [0.3, 0.4) is 0 Å². The number of halogens is 3. The van der Waals surface area contributed by atoms with Crippen LogP contribution >= 0.6 is 23.4 Å². The number of nitrogens with one attached hydrogen (secondary N) is 3. The molecular formula is C29H35ClF2N4O5S. The maximum Gasteiger partial charge on any atom is 0.272 e. The molecule has 3 N–H and O–H groups in total. The normalized spacial score (nSPS) is 24.6. The second-order valence-electron chi connectivity index (χ2n) is 11.5. The van der Waals surface area contributed by atoms with Gasteiger partial charge in [0.1, 0.15) is 0 Å². The molecule has 1 aromatic carbocycles. The van der Waals surface area contributed by atoms with Gasteiger partial charge in [0, 0.05) is 52.7 Å². The van der Waals surface area contributed by atoms with Gasteiger partial charge in [0.2, 0.25) is 5.91 Å². The monoisotopic (exact) mass is 624 g/mol. The SMILES string of the molecule is CSc1cc(C)[nH]c(=O)c1CNC(=O)c1cc(Cl)c2c(c1C)OC(C)(C1CCC(NC(=O)CN3CC(F)(F)C3)CC1)O2. The van der Waals surface area contributed by atoms with Crippen LogP contribution in [-0.4, -0.2) is 65.3 Å². The van der Waals surface area contributed by atoms with Crippen LogP contribution in [0.2, 0.25) is 5.02 Å². The van der Waals surface area contributed by atoms with Crippen molar-refractivity contribution in [1.82, 2.24) is 20.5 Å². The molecule has 0 radical (unpaired) electrons. The van der Waals surface area contributed by atoms with Gasteiger partial charge in [0.15, 0.2) is 11.5 Å². The number of hydrogen-bond donors (Lipinski definition) is 3. The van der Waals surface area contributed by atoms with E-state index in [1.165, 1.54) is 16.7 Å². The van der Waals surface area contributed by atoms with Crippen LogP contribution in [0, 0.1) is 19.8 Å². The first-order valence-electron chi connectivity index (χ1n) is 13.9. The minimum absolute atomic E-state index is 0.00176. The summed E-state index contributed by atoms with van der Waals surface area (Å²) in [5.41, 5.74) is 1.89. The quantitative estimate of drug-likeness (QED) is 0.373. The van der Waals surface area contributed by atoms with Crippen LogP contribution in [0.1, 0.15) is 59.8 Å². The zero-order valence-corrected chi connectivity index (χ0v) is 25.6. The van der Waals surface area contributed by atoms with Crippen molar-refractivity contribution in [3.8, 4) is 11.5 Å². The number of fused-ring (bicyclic) bond motifs is 1. The Kier molecular flexibility index (Phi) is 8.52. The molecule has 9 nitrogen and oxygen atoms in total. The second-order valence-corrected chi connectivity index (χ2v) is 12.8. The lowest BCUT2D eigenvalue weighted by Gasteiger charge is -2.39. The zero-order chi connectivity index (χ0) is 30.4. The number of rotatable bonds is 8. The van der Waals surface area contributed by atoms with Crippen LogP contribution < -0.4 is 25.7 Å². The summed E-state index contributed by atoms with van der Waals surface area (Å²) in [6.45, 7) is 4.70. The summed E-state index contributed by atoms with van der Waals surface area (Å²) in [5.74, 6) is -3.54. The molecule has 0 spiro atoms. The smallest absolute Gasteiger partial charge is 0.272 e. The Labute approximate surface area is 252 Å². The van der Waals surface area contributed by atoms with Gasteiger partial charge in [-0.3, -0.25) is 19.3 Å². The van der Waals surface area contributed by atoms with Crippen LogP contribution in [0.4, 0.5) is 8.78 Å². The molecule has 0 bridgehead atoms. The molecule has 2 aliphatic heterocycles. The van der Waals surface area contributed by atoms with Gasteiger partial charge < -0.3 is 25.1 Å². The van der Waals surface area contributed by atoms with Gasteiger partial charge in [-0.2, -0.15) is 0 Å². The number of carbonyl (C=O) groups is 2. The number of ether oxygens (including phenoxy) is 2. The molecule has 1 atom stereocenters. The topological polar surface area (TPSA) is 113 Å². The van der Waals surface area contributed by atoms with Crippen LogP contribution in [0.5, 0.6) is 11.5 Å². The molecule has 2 amide bonds. The molecule has 5 rings (SSSR count). The van der Waals surface area contributed by atoms with Crippen molar-refractivity contribution >= 4 is 35.2 Å². The van der Waals surface area contributed by atoms with E-state index >= 15 is 0 Å². The molecule has 1 aromatic heterocycles. The lowest BCUT2D eigenvalue weighted by atomic mass is 9.81. The largest absolute Gasteiger partial charge is 0.448 e. The summed E-state index contributed by atoms with van der Waals surface area (Å²) < 4.78 is 38.7. The molecule has 42 heavy (non-hydrogen) atoms. The Balaban J connectivity index is 1.20. The number of pyridine rings is 1. The fraction of sp³-hybridized carbons (Fsp3) is 0.552. The fourth-order valence-corrected chi connectivity index (χ4v) is 6.95. The first kappa shape index (κ1) is 30.6. The maximum absolute atomic E-state index is 13.2. The van der Waals surface area contributed by atoms with E-state index in [1.54, 1.807) is 13.0 Å². The van der Waals surface area contributed by atoms with E-state index in [2.05, 4.69) is 15.6 Å². The molecule has 3 aliphatic rings. The lowest BCUT2D eigenvalue weighted by molar-refractivity contribution is -0.145. The van der Waals surface area contributed by atoms with E-state index in [-0.39, 0.29) is 60.5 Å². The van der Waals surface area contributed by atoms with Crippen molar-refractivity contribution in [2.24, 2.45) is 5.92 Å². The molecule has 1 aliphatic carbocycles. The van der Waals surface area contributed by atoms with E-state index in [0.717, 1.165) is 10.6 Å². The highest BCUT2D eigenvalue weighted by molar-refractivity contribution is 7.98. The van der Waals surface area contributed by atoms with E-state index in [9.17, 15) is 23.2 Å². The van der Waals surface area contributed by atoms with Gasteiger partial charge in [-0.1, -0.05) is 11.6 Å². The average molecular weight is 625 g/mol. The summed E-state index contributed by atoms with van der Waals surface area (Å²) in [6.07, 6.45) is 4.69. The molecule has 1 saturated carbocycles. The number of thioether (sulfide) groups is 1. The van der Waals surface area contributed by atoms with Gasteiger partial charge in [0.25, 0.3) is 23.2 Å². The highest BCUT2D eigenvalue weighted by atomic mass is 35.5. The van der Waals surface area contributed by atoms with Crippen molar-refractivity contribution in [3.63, 3.8) is 0 Å². The molecule has 2 fully saturated rings. The number of aromatic nitrogens is 1. The average Bonchev–Trinajstić information content (AvgIpc) is 3.28. The van der Waals surface area contributed by atoms with Gasteiger partial charge in [-0.05, 0) is 57.9 Å². The standard InChI is InChI=1S/C29H35ClF2N4O5S/c1-15-9-22(42-4)20(27(39)34-15)11-33-26(38)19-10-21(30)25-24(16(19)2)40-28(3,41-25)17-5-7-18(8-6-17)35-23(37)12-36-13-29(31,32)14-36/h9-10,17-18H,5-8,11-14H2,1-4H3,(H,33,38)(H,34,39)(H,35,37). The number of amides is 2. The molecule has 1 saturated heterocycles. The number of H-pyrrole nitrogens is 1. The lowest BCUT2D eigenvalue weighted by Crippen LogP contribution is -2.59. The Bertz CT molecular complexity index is 1450. The first-order valence-corrected chi connectivity index (χ1v) is 15.5. The predicted octanol–water partition coefficient (Wildman–Crippen LogP) is 4.41. The Hall–Kier alpha value is -2.83. The van der Waals surface area contributed by atoms with Crippen molar-refractivity contribution in [1.29, 1.82) is 0 Å². The third kappa shape index (κ3) is 6.26. The van der Waals surface area contributed by atoms with E-state index < -0.39 is 11.7 Å². The third-order valence-electron chi connectivity index (χ3n) is 8.28.